The maximum absolute atomic E-state index is 14.2. The van der Waals surface area contributed by atoms with Crippen LogP contribution in [0.25, 0.3) is 10.4 Å². The third kappa shape index (κ3) is 4.18. The average molecular weight is 415 g/mol. The second kappa shape index (κ2) is 8.75. The molecule has 1 saturated heterocycles. The first-order valence-electron chi connectivity index (χ1n) is 9.45. The van der Waals surface area contributed by atoms with E-state index in [0.29, 0.717) is 12.1 Å². The molecule has 1 aliphatic rings. The van der Waals surface area contributed by atoms with Gasteiger partial charge in [-0.2, -0.15) is 0 Å². The van der Waals surface area contributed by atoms with Crippen molar-refractivity contribution in [2.45, 2.75) is 6.54 Å². The zero-order chi connectivity index (χ0) is 20.2. The third-order valence-corrected chi connectivity index (χ3v) is 5.95. The van der Waals surface area contributed by atoms with Crippen molar-refractivity contribution in [2.75, 3.05) is 45.3 Å². The minimum Gasteiger partial charge on any atom is -0.497 e. The average Bonchev–Trinajstić information content (AvgIpc) is 3.22. The first-order valence-corrected chi connectivity index (χ1v) is 10.2. The van der Waals surface area contributed by atoms with Crippen molar-refractivity contribution in [2.24, 2.45) is 0 Å². The van der Waals surface area contributed by atoms with Crippen molar-refractivity contribution < 1.29 is 13.9 Å². The molecule has 6 nitrogen and oxygen atoms in total. The number of halogens is 1. The maximum atomic E-state index is 14.2. The minimum atomic E-state index is -0.241. The highest BCUT2D eigenvalue weighted by molar-refractivity contribution is 7.09. The molecular weight excluding hydrogens is 391 g/mol. The fraction of sp³-hybridized carbons (Fsp3) is 0.333. The number of ether oxygens (including phenoxy) is 2. The van der Waals surface area contributed by atoms with Crippen LogP contribution in [0.15, 0.2) is 42.5 Å². The first kappa shape index (κ1) is 19.6. The Hall–Kier alpha value is -2.71. The van der Waals surface area contributed by atoms with Crippen LogP contribution in [0.4, 0.5) is 10.1 Å². The number of aromatic nitrogens is 2. The van der Waals surface area contributed by atoms with Gasteiger partial charge < -0.3 is 14.4 Å². The Morgan fingerprint density at radius 2 is 1.83 bits per heavy atom. The summed E-state index contributed by atoms with van der Waals surface area (Å²) in [5.41, 5.74) is 2.43. The molecule has 0 unspecified atom stereocenters. The number of anilines is 1. The van der Waals surface area contributed by atoms with E-state index < -0.39 is 0 Å². The van der Waals surface area contributed by atoms with Crippen molar-refractivity contribution in [1.82, 2.24) is 14.5 Å². The molecule has 1 aromatic heterocycles. The molecule has 2 heterocycles. The second-order valence-corrected chi connectivity index (χ2v) is 7.58. The summed E-state index contributed by atoms with van der Waals surface area (Å²) < 4.78 is 29.1. The van der Waals surface area contributed by atoms with Gasteiger partial charge in [0.15, 0.2) is 0 Å². The van der Waals surface area contributed by atoms with Gasteiger partial charge in [0.1, 0.15) is 17.3 Å². The lowest BCUT2D eigenvalue weighted by Crippen LogP contribution is -2.46. The van der Waals surface area contributed by atoms with E-state index in [2.05, 4.69) is 19.4 Å². The molecule has 4 rings (SSSR count). The lowest BCUT2D eigenvalue weighted by molar-refractivity contribution is 0.246. The first-order chi connectivity index (χ1) is 14.2. The van der Waals surface area contributed by atoms with Crippen LogP contribution in [0.5, 0.6) is 11.5 Å². The molecule has 0 amide bonds. The lowest BCUT2D eigenvalue weighted by atomic mass is 10.1. The summed E-state index contributed by atoms with van der Waals surface area (Å²) in [6, 6.07) is 12.6. The van der Waals surface area contributed by atoms with Crippen LogP contribution in [0.3, 0.4) is 0 Å². The number of methoxy groups -OCH3 is 2. The van der Waals surface area contributed by atoms with Crippen LogP contribution in [-0.4, -0.2) is 54.9 Å². The van der Waals surface area contributed by atoms with Gasteiger partial charge in [-0.15, -0.1) is 5.10 Å². The summed E-state index contributed by atoms with van der Waals surface area (Å²) in [5.74, 6) is 1.41. The predicted octanol–water partition coefficient (Wildman–Crippen LogP) is 3.68. The third-order valence-electron chi connectivity index (χ3n) is 5.15. The van der Waals surface area contributed by atoms with Crippen molar-refractivity contribution in [3.05, 3.63) is 54.0 Å². The van der Waals surface area contributed by atoms with Crippen LogP contribution < -0.4 is 14.4 Å². The van der Waals surface area contributed by atoms with Gasteiger partial charge in [-0.3, -0.25) is 4.90 Å². The van der Waals surface area contributed by atoms with E-state index in [1.54, 1.807) is 26.4 Å². The van der Waals surface area contributed by atoms with E-state index in [-0.39, 0.29) is 5.82 Å². The van der Waals surface area contributed by atoms with Gasteiger partial charge in [0.2, 0.25) is 0 Å². The Balaban J connectivity index is 1.45. The summed E-state index contributed by atoms with van der Waals surface area (Å²) in [6.45, 7) is 4.11. The van der Waals surface area contributed by atoms with Crippen molar-refractivity contribution in [3.8, 4) is 21.9 Å². The molecule has 0 radical (unpaired) electrons. The van der Waals surface area contributed by atoms with Crippen molar-refractivity contribution >= 4 is 17.2 Å². The van der Waals surface area contributed by atoms with Gasteiger partial charge in [0, 0.05) is 44.4 Å². The summed E-state index contributed by atoms with van der Waals surface area (Å²) >= 11 is 1.24. The number of hydrogen-bond donors (Lipinski definition) is 0. The minimum absolute atomic E-state index is 0.241. The maximum Gasteiger partial charge on any atom is 0.142 e. The molecule has 0 aliphatic carbocycles. The molecule has 0 atom stereocenters. The van der Waals surface area contributed by atoms with Crippen LogP contribution in [0.2, 0.25) is 0 Å². The molecule has 2 aromatic carbocycles. The van der Waals surface area contributed by atoms with E-state index >= 15 is 0 Å². The van der Waals surface area contributed by atoms with Crippen molar-refractivity contribution in [3.63, 3.8) is 0 Å². The van der Waals surface area contributed by atoms with Crippen LogP contribution >= 0.6 is 11.5 Å². The highest BCUT2D eigenvalue weighted by atomic mass is 32.1. The number of rotatable bonds is 6. The monoisotopic (exact) mass is 414 g/mol. The van der Waals surface area contributed by atoms with Crippen LogP contribution in [0, 0.1) is 5.82 Å². The van der Waals surface area contributed by atoms with Gasteiger partial charge in [-0.1, -0.05) is 22.7 Å². The quantitative estimate of drug-likeness (QED) is 0.613. The molecule has 8 heteroatoms. The highest BCUT2D eigenvalue weighted by Gasteiger charge is 2.23. The zero-order valence-corrected chi connectivity index (χ0v) is 17.3. The Labute approximate surface area is 173 Å². The van der Waals surface area contributed by atoms with Gasteiger partial charge in [0.05, 0.1) is 30.5 Å². The molecule has 0 spiro atoms. The molecule has 0 bridgehead atoms. The van der Waals surface area contributed by atoms with E-state index in [1.807, 2.05) is 24.3 Å². The number of piperazine rings is 1. The fourth-order valence-electron chi connectivity index (χ4n) is 3.56. The van der Waals surface area contributed by atoms with Gasteiger partial charge in [0.25, 0.3) is 0 Å². The standard InChI is InChI=1S/C21H23FN4O2S/c1-27-15-7-8-20(28-2)19(13-15)26-11-9-25(10-12-26)14-18-21(29-24-23-18)16-5-3-4-6-17(16)22/h3-8,13H,9-12,14H2,1-2H3. The number of benzene rings is 2. The van der Waals surface area contributed by atoms with E-state index in [0.717, 1.165) is 53.9 Å². The zero-order valence-electron chi connectivity index (χ0n) is 16.5. The Kier molecular flexibility index (Phi) is 5.92. The Morgan fingerprint density at radius 3 is 2.55 bits per heavy atom. The second-order valence-electron chi connectivity index (χ2n) is 6.83. The number of nitrogens with zero attached hydrogens (tertiary/aromatic N) is 4. The molecule has 152 valence electrons. The Bertz CT molecular complexity index is 973. The molecule has 3 aromatic rings. The highest BCUT2D eigenvalue weighted by Crippen LogP contribution is 2.33. The predicted molar refractivity (Wildman–Crippen MR) is 112 cm³/mol. The molecule has 29 heavy (non-hydrogen) atoms. The smallest absolute Gasteiger partial charge is 0.142 e. The van der Waals surface area contributed by atoms with Gasteiger partial charge >= 0.3 is 0 Å². The lowest BCUT2D eigenvalue weighted by Gasteiger charge is -2.36. The summed E-state index contributed by atoms with van der Waals surface area (Å²) in [4.78, 5) is 5.43. The SMILES string of the molecule is COc1ccc(OC)c(N2CCN(Cc3nnsc3-c3ccccc3F)CC2)c1. The summed E-state index contributed by atoms with van der Waals surface area (Å²) in [6.07, 6.45) is 0. The molecule has 1 aliphatic heterocycles. The van der Waals surface area contributed by atoms with Crippen molar-refractivity contribution in [1.29, 1.82) is 0 Å². The summed E-state index contributed by atoms with van der Waals surface area (Å²) in [7, 11) is 3.35. The largest absolute Gasteiger partial charge is 0.497 e. The molecule has 0 N–H and O–H groups in total. The van der Waals surface area contributed by atoms with Crippen LogP contribution in [-0.2, 0) is 6.54 Å². The fourth-order valence-corrected chi connectivity index (χ4v) is 4.26. The van der Waals surface area contributed by atoms with Gasteiger partial charge in [-0.05, 0) is 29.7 Å². The molecule has 1 fully saturated rings. The molecular formula is C21H23FN4O2S. The van der Waals surface area contributed by atoms with E-state index in [9.17, 15) is 4.39 Å². The van der Waals surface area contributed by atoms with E-state index in [1.165, 1.54) is 17.6 Å². The van der Waals surface area contributed by atoms with Gasteiger partial charge in [-0.25, -0.2) is 4.39 Å². The van der Waals surface area contributed by atoms with E-state index in [4.69, 9.17) is 9.47 Å². The summed E-state index contributed by atoms with van der Waals surface area (Å²) in [5, 5.41) is 4.27. The molecule has 0 saturated carbocycles. The van der Waals surface area contributed by atoms with Crippen LogP contribution in [0.1, 0.15) is 5.69 Å². The topological polar surface area (TPSA) is 50.7 Å². The normalized spacial score (nSPS) is 14.8. The Morgan fingerprint density at radius 1 is 1.03 bits per heavy atom. The number of hydrogen-bond acceptors (Lipinski definition) is 7.